The van der Waals surface area contributed by atoms with Crippen LogP contribution in [-0.2, 0) is 4.74 Å². The Labute approximate surface area is 82.3 Å². The predicted molar refractivity (Wildman–Crippen MR) is 55.9 cm³/mol. The Hall–Kier alpha value is -0.0800. The van der Waals surface area contributed by atoms with Gasteiger partial charge in [-0.2, -0.15) is 0 Å². The molecule has 1 aliphatic rings. The van der Waals surface area contributed by atoms with Gasteiger partial charge >= 0.3 is 0 Å². The molecule has 0 bridgehead atoms. The minimum absolute atomic E-state index is 0.459. The number of ether oxygens (including phenoxy) is 1. The van der Waals surface area contributed by atoms with E-state index in [-0.39, 0.29) is 0 Å². The summed E-state index contributed by atoms with van der Waals surface area (Å²) in [7, 11) is 4.05. The Morgan fingerprint density at radius 1 is 1.38 bits per heavy atom. The van der Waals surface area contributed by atoms with Crippen LogP contribution in [-0.4, -0.2) is 37.7 Å². The Kier molecular flexibility index (Phi) is 4.20. The molecule has 78 valence electrons. The van der Waals surface area contributed by atoms with Gasteiger partial charge in [0.1, 0.15) is 0 Å². The summed E-state index contributed by atoms with van der Waals surface area (Å²) in [6, 6.07) is 0.638. The summed E-state index contributed by atoms with van der Waals surface area (Å²) in [4.78, 5) is 2.42. The molecular formula is C11H23NO. The van der Waals surface area contributed by atoms with Crippen molar-refractivity contribution in [1.29, 1.82) is 0 Å². The number of nitrogens with zero attached hydrogens (tertiary/aromatic N) is 1. The first-order chi connectivity index (χ1) is 6.19. The molecule has 0 saturated heterocycles. The molecule has 0 N–H and O–H groups in total. The first-order valence-electron chi connectivity index (χ1n) is 5.42. The fourth-order valence-electron chi connectivity index (χ4n) is 2.30. The van der Waals surface area contributed by atoms with Crippen LogP contribution in [0.5, 0.6) is 0 Å². The van der Waals surface area contributed by atoms with Crippen molar-refractivity contribution in [1.82, 2.24) is 4.90 Å². The molecule has 0 unspecified atom stereocenters. The first-order valence-corrected chi connectivity index (χ1v) is 5.42. The van der Waals surface area contributed by atoms with Crippen LogP contribution < -0.4 is 0 Å². The van der Waals surface area contributed by atoms with Crippen molar-refractivity contribution in [3.63, 3.8) is 0 Å². The maximum Gasteiger partial charge on any atom is 0.0726 e. The van der Waals surface area contributed by atoms with E-state index < -0.39 is 0 Å². The maximum absolute atomic E-state index is 5.53. The molecule has 0 heterocycles. The van der Waals surface area contributed by atoms with Crippen molar-refractivity contribution >= 4 is 0 Å². The van der Waals surface area contributed by atoms with E-state index in [1.807, 2.05) is 7.11 Å². The van der Waals surface area contributed by atoms with Crippen LogP contribution in [0.15, 0.2) is 0 Å². The summed E-state index contributed by atoms with van der Waals surface area (Å²) in [5.74, 6) is 0.866. The Morgan fingerprint density at radius 3 is 2.62 bits per heavy atom. The van der Waals surface area contributed by atoms with E-state index in [1.54, 1.807) is 0 Å². The highest BCUT2D eigenvalue weighted by Gasteiger charge is 2.30. The Morgan fingerprint density at radius 2 is 2.08 bits per heavy atom. The fourth-order valence-corrected chi connectivity index (χ4v) is 2.30. The molecule has 0 radical (unpaired) electrons. The van der Waals surface area contributed by atoms with Gasteiger partial charge < -0.3 is 9.64 Å². The molecule has 3 atom stereocenters. The number of methoxy groups -OCH3 is 1. The van der Waals surface area contributed by atoms with Gasteiger partial charge in [0.25, 0.3) is 0 Å². The molecule has 2 heteroatoms. The van der Waals surface area contributed by atoms with Gasteiger partial charge in [0.05, 0.1) is 6.10 Å². The molecule has 2 nitrogen and oxygen atoms in total. The zero-order valence-corrected chi connectivity index (χ0v) is 9.42. The van der Waals surface area contributed by atoms with Crippen molar-refractivity contribution in [2.45, 2.75) is 45.3 Å². The third kappa shape index (κ3) is 2.68. The van der Waals surface area contributed by atoms with Gasteiger partial charge in [0, 0.05) is 13.2 Å². The highest BCUT2D eigenvalue weighted by molar-refractivity contribution is 4.84. The Bertz CT molecular complexity index is 149. The van der Waals surface area contributed by atoms with E-state index in [2.05, 4.69) is 25.8 Å². The minimum Gasteiger partial charge on any atom is -0.380 e. The van der Waals surface area contributed by atoms with Gasteiger partial charge in [-0.25, -0.2) is 0 Å². The molecule has 13 heavy (non-hydrogen) atoms. The number of rotatable bonds is 3. The van der Waals surface area contributed by atoms with E-state index in [9.17, 15) is 0 Å². The quantitative estimate of drug-likeness (QED) is 0.668. The van der Waals surface area contributed by atoms with E-state index in [0.717, 1.165) is 12.5 Å². The molecule has 1 rings (SSSR count). The van der Waals surface area contributed by atoms with E-state index >= 15 is 0 Å². The molecule has 0 aliphatic heterocycles. The van der Waals surface area contributed by atoms with Crippen LogP contribution in [0.25, 0.3) is 0 Å². The van der Waals surface area contributed by atoms with Gasteiger partial charge in [-0.1, -0.05) is 13.8 Å². The number of hydrogen-bond acceptors (Lipinski definition) is 2. The molecule has 0 aromatic rings. The van der Waals surface area contributed by atoms with Gasteiger partial charge in [0.15, 0.2) is 0 Å². The van der Waals surface area contributed by atoms with Crippen LogP contribution in [0, 0.1) is 5.92 Å². The average Bonchev–Trinajstić information content (AvgIpc) is 2.16. The smallest absolute Gasteiger partial charge is 0.0726 e. The second-order valence-corrected chi connectivity index (χ2v) is 4.33. The third-order valence-electron chi connectivity index (χ3n) is 3.38. The summed E-state index contributed by atoms with van der Waals surface area (Å²) < 4.78 is 5.53. The highest BCUT2D eigenvalue weighted by atomic mass is 16.5. The molecule has 1 saturated carbocycles. The Balaban J connectivity index is 2.54. The van der Waals surface area contributed by atoms with E-state index in [0.29, 0.717) is 12.1 Å². The van der Waals surface area contributed by atoms with Gasteiger partial charge in [-0.15, -0.1) is 0 Å². The predicted octanol–water partition coefficient (Wildman–Crippen LogP) is 2.14. The van der Waals surface area contributed by atoms with Crippen LogP contribution in [0.4, 0.5) is 0 Å². The maximum atomic E-state index is 5.53. The van der Waals surface area contributed by atoms with Gasteiger partial charge in [-0.3, -0.25) is 0 Å². The lowest BCUT2D eigenvalue weighted by atomic mass is 9.84. The zero-order chi connectivity index (χ0) is 9.84. The van der Waals surface area contributed by atoms with Gasteiger partial charge in [-0.05, 0) is 38.8 Å². The lowest BCUT2D eigenvalue weighted by molar-refractivity contribution is -0.0122. The number of hydrogen-bond donors (Lipinski definition) is 0. The van der Waals surface area contributed by atoms with Crippen molar-refractivity contribution < 1.29 is 4.74 Å². The van der Waals surface area contributed by atoms with Crippen LogP contribution in [0.1, 0.15) is 33.1 Å². The van der Waals surface area contributed by atoms with E-state index in [1.165, 1.54) is 19.3 Å². The van der Waals surface area contributed by atoms with Crippen molar-refractivity contribution in [3.8, 4) is 0 Å². The summed E-state index contributed by atoms with van der Waals surface area (Å²) in [6.45, 7) is 5.69. The molecule has 0 spiro atoms. The topological polar surface area (TPSA) is 12.5 Å². The largest absolute Gasteiger partial charge is 0.380 e. The molecule has 1 fully saturated rings. The fraction of sp³-hybridized carbons (Fsp3) is 1.00. The third-order valence-corrected chi connectivity index (χ3v) is 3.38. The lowest BCUT2D eigenvalue weighted by Crippen LogP contribution is -2.45. The molecule has 1 aliphatic carbocycles. The lowest BCUT2D eigenvalue weighted by Gasteiger charge is -2.39. The van der Waals surface area contributed by atoms with Crippen molar-refractivity contribution in [3.05, 3.63) is 0 Å². The highest BCUT2D eigenvalue weighted by Crippen LogP contribution is 2.28. The van der Waals surface area contributed by atoms with Crippen LogP contribution in [0.2, 0.25) is 0 Å². The normalized spacial score (nSPS) is 35.3. The SMILES string of the molecule is CCN(C)[C@H]1C[C@H](C)CC[C@@H]1OC. The van der Waals surface area contributed by atoms with E-state index in [4.69, 9.17) is 4.74 Å². The number of likely N-dealkylation sites (N-methyl/N-ethyl adjacent to an activating group) is 1. The summed E-state index contributed by atoms with van der Waals surface area (Å²) in [5.41, 5.74) is 0. The molecule has 0 aromatic heterocycles. The monoisotopic (exact) mass is 185 g/mol. The molecular weight excluding hydrogens is 162 g/mol. The second-order valence-electron chi connectivity index (χ2n) is 4.33. The second kappa shape index (κ2) is 4.97. The van der Waals surface area contributed by atoms with Crippen LogP contribution >= 0.6 is 0 Å². The summed E-state index contributed by atoms with van der Waals surface area (Å²) >= 11 is 0. The molecule has 0 amide bonds. The standard InChI is InChI=1S/C11H23NO/c1-5-12(3)10-8-9(2)6-7-11(10)13-4/h9-11H,5-8H2,1-4H3/t9-,10+,11+/m1/s1. The summed E-state index contributed by atoms with van der Waals surface area (Å²) in [5, 5.41) is 0. The zero-order valence-electron chi connectivity index (χ0n) is 9.42. The molecule has 0 aromatic carbocycles. The summed E-state index contributed by atoms with van der Waals surface area (Å²) in [6.07, 6.45) is 4.31. The van der Waals surface area contributed by atoms with Gasteiger partial charge in [0.2, 0.25) is 0 Å². The minimum atomic E-state index is 0.459. The van der Waals surface area contributed by atoms with Crippen molar-refractivity contribution in [2.24, 2.45) is 5.92 Å². The average molecular weight is 185 g/mol. The van der Waals surface area contributed by atoms with Crippen molar-refractivity contribution in [2.75, 3.05) is 20.7 Å². The first kappa shape index (κ1) is 11.0. The van der Waals surface area contributed by atoms with Crippen LogP contribution in [0.3, 0.4) is 0 Å².